The molecule has 2 aromatic heterocycles. The minimum Gasteiger partial charge on any atom is -0.380 e. The van der Waals surface area contributed by atoms with Crippen molar-refractivity contribution < 1.29 is 4.74 Å². The summed E-state index contributed by atoms with van der Waals surface area (Å²) in [5.41, 5.74) is 1.49. The van der Waals surface area contributed by atoms with Crippen molar-refractivity contribution in [1.29, 1.82) is 0 Å². The molecule has 0 unspecified atom stereocenters. The fourth-order valence-corrected chi connectivity index (χ4v) is 1.67. The zero-order valence-electron chi connectivity index (χ0n) is 10.5. The molecular formula is C13H15N3O2. The minimum atomic E-state index is -0.0745. The topological polar surface area (TPSA) is 57.0 Å². The second kappa shape index (κ2) is 5.55. The van der Waals surface area contributed by atoms with Crippen LogP contribution < -0.4 is 5.56 Å². The van der Waals surface area contributed by atoms with Crippen LogP contribution in [0.25, 0.3) is 11.0 Å². The van der Waals surface area contributed by atoms with E-state index in [-0.39, 0.29) is 5.56 Å². The predicted octanol–water partition coefficient (Wildman–Crippen LogP) is 1.38. The van der Waals surface area contributed by atoms with Gasteiger partial charge in [-0.05, 0) is 19.1 Å². The van der Waals surface area contributed by atoms with E-state index in [1.807, 2.05) is 13.0 Å². The Morgan fingerprint density at radius 1 is 1.50 bits per heavy atom. The van der Waals surface area contributed by atoms with Crippen molar-refractivity contribution in [1.82, 2.24) is 14.5 Å². The summed E-state index contributed by atoms with van der Waals surface area (Å²) in [6.07, 6.45) is 5.10. The molecule has 0 aliphatic heterocycles. The second-order valence-electron chi connectivity index (χ2n) is 4.06. The summed E-state index contributed by atoms with van der Waals surface area (Å²) >= 11 is 0. The van der Waals surface area contributed by atoms with Gasteiger partial charge in [0.15, 0.2) is 5.65 Å². The van der Waals surface area contributed by atoms with Crippen LogP contribution in [0, 0.1) is 0 Å². The van der Waals surface area contributed by atoms with Crippen LogP contribution in [0.5, 0.6) is 0 Å². The van der Waals surface area contributed by atoms with E-state index in [4.69, 9.17) is 4.74 Å². The third-order valence-electron chi connectivity index (χ3n) is 2.61. The third kappa shape index (κ3) is 2.62. The third-order valence-corrected chi connectivity index (χ3v) is 2.61. The number of nitrogens with zero attached hydrogens (tertiary/aromatic N) is 3. The standard InChI is InChI=1S/C13H15N3O2/c1-10(8-18-2)5-7-16-9-15-12-11(13(16)17)4-3-6-14-12/h3-6,9H,7-8H2,1-2H3. The SMILES string of the molecule is COCC(C)=CCn1cnc2ncccc2c1=O. The van der Waals surface area contributed by atoms with Crippen LogP contribution in [0.1, 0.15) is 6.92 Å². The minimum absolute atomic E-state index is 0.0745. The van der Waals surface area contributed by atoms with Crippen LogP contribution in [0.15, 0.2) is 41.1 Å². The Kier molecular flexibility index (Phi) is 3.84. The molecule has 0 fully saturated rings. The van der Waals surface area contributed by atoms with Gasteiger partial charge >= 0.3 is 0 Å². The van der Waals surface area contributed by atoms with Gasteiger partial charge in [0.25, 0.3) is 5.56 Å². The molecule has 2 heterocycles. The normalized spacial score (nSPS) is 12.0. The summed E-state index contributed by atoms with van der Waals surface area (Å²) in [6, 6.07) is 3.47. The van der Waals surface area contributed by atoms with Crippen molar-refractivity contribution >= 4 is 11.0 Å². The van der Waals surface area contributed by atoms with E-state index in [2.05, 4.69) is 9.97 Å². The Morgan fingerprint density at radius 3 is 3.11 bits per heavy atom. The van der Waals surface area contributed by atoms with Crippen molar-refractivity contribution in [2.75, 3.05) is 13.7 Å². The molecule has 0 radical (unpaired) electrons. The molecule has 0 amide bonds. The molecule has 2 rings (SSSR count). The fourth-order valence-electron chi connectivity index (χ4n) is 1.67. The van der Waals surface area contributed by atoms with Crippen molar-refractivity contribution in [3.05, 3.63) is 46.7 Å². The van der Waals surface area contributed by atoms with Gasteiger partial charge < -0.3 is 4.74 Å². The second-order valence-corrected chi connectivity index (χ2v) is 4.06. The molecule has 0 bridgehead atoms. The maximum Gasteiger partial charge on any atom is 0.263 e. The van der Waals surface area contributed by atoms with Crippen molar-refractivity contribution in [2.24, 2.45) is 0 Å². The lowest BCUT2D eigenvalue weighted by molar-refractivity contribution is 0.225. The van der Waals surface area contributed by atoms with Gasteiger partial charge in [0.1, 0.15) is 6.33 Å². The molecule has 18 heavy (non-hydrogen) atoms. The first kappa shape index (κ1) is 12.4. The van der Waals surface area contributed by atoms with Crippen molar-refractivity contribution in [2.45, 2.75) is 13.5 Å². The molecule has 5 heteroatoms. The van der Waals surface area contributed by atoms with E-state index in [1.165, 1.54) is 6.33 Å². The quantitative estimate of drug-likeness (QED) is 0.764. The van der Waals surface area contributed by atoms with Crippen LogP contribution in [0.3, 0.4) is 0 Å². The maximum absolute atomic E-state index is 12.1. The summed E-state index contributed by atoms with van der Waals surface area (Å²) in [6.45, 7) is 3.02. The van der Waals surface area contributed by atoms with E-state index in [0.717, 1.165) is 5.57 Å². The number of fused-ring (bicyclic) bond motifs is 1. The first-order valence-corrected chi connectivity index (χ1v) is 5.67. The van der Waals surface area contributed by atoms with Crippen LogP contribution in [0.4, 0.5) is 0 Å². The van der Waals surface area contributed by atoms with E-state index in [1.54, 1.807) is 30.0 Å². The highest BCUT2D eigenvalue weighted by molar-refractivity contribution is 5.72. The number of hydrogen-bond acceptors (Lipinski definition) is 4. The monoisotopic (exact) mass is 245 g/mol. The van der Waals surface area contributed by atoms with Gasteiger partial charge in [-0.2, -0.15) is 0 Å². The molecule has 0 aliphatic carbocycles. The first-order valence-electron chi connectivity index (χ1n) is 5.67. The summed E-state index contributed by atoms with van der Waals surface area (Å²) < 4.78 is 6.57. The largest absolute Gasteiger partial charge is 0.380 e. The lowest BCUT2D eigenvalue weighted by atomic mass is 10.3. The molecule has 0 aromatic carbocycles. The number of allylic oxidation sites excluding steroid dienone is 1. The average molecular weight is 245 g/mol. The Labute approximate surface area is 105 Å². The van der Waals surface area contributed by atoms with Gasteiger partial charge in [-0.1, -0.05) is 11.6 Å². The smallest absolute Gasteiger partial charge is 0.263 e. The zero-order valence-corrected chi connectivity index (χ0v) is 10.5. The van der Waals surface area contributed by atoms with E-state index < -0.39 is 0 Å². The van der Waals surface area contributed by atoms with E-state index >= 15 is 0 Å². The van der Waals surface area contributed by atoms with Gasteiger partial charge in [-0.25, -0.2) is 9.97 Å². The van der Waals surface area contributed by atoms with Gasteiger partial charge in [0, 0.05) is 19.9 Å². The van der Waals surface area contributed by atoms with Gasteiger partial charge in [0.05, 0.1) is 12.0 Å². The Morgan fingerprint density at radius 2 is 2.33 bits per heavy atom. The van der Waals surface area contributed by atoms with Gasteiger partial charge in [0.2, 0.25) is 0 Å². The molecule has 5 nitrogen and oxygen atoms in total. The zero-order chi connectivity index (χ0) is 13.0. The molecule has 0 N–H and O–H groups in total. The number of methoxy groups -OCH3 is 1. The number of pyridine rings is 1. The van der Waals surface area contributed by atoms with E-state index in [0.29, 0.717) is 24.2 Å². The summed E-state index contributed by atoms with van der Waals surface area (Å²) in [5.74, 6) is 0. The molecule has 0 saturated carbocycles. The summed E-state index contributed by atoms with van der Waals surface area (Å²) in [5, 5.41) is 0.540. The summed E-state index contributed by atoms with van der Waals surface area (Å²) in [7, 11) is 1.65. The predicted molar refractivity (Wildman–Crippen MR) is 69.4 cm³/mol. The van der Waals surface area contributed by atoms with Crippen LogP contribution >= 0.6 is 0 Å². The Balaban J connectivity index is 2.33. The molecule has 0 aliphatic rings. The van der Waals surface area contributed by atoms with Gasteiger partial charge in [-0.3, -0.25) is 9.36 Å². The van der Waals surface area contributed by atoms with Crippen LogP contribution in [-0.4, -0.2) is 28.3 Å². The molecular weight excluding hydrogens is 230 g/mol. The van der Waals surface area contributed by atoms with E-state index in [9.17, 15) is 4.79 Å². The average Bonchev–Trinajstić information content (AvgIpc) is 2.39. The molecule has 0 saturated heterocycles. The first-order chi connectivity index (χ1) is 8.72. The number of ether oxygens (including phenoxy) is 1. The lowest BCUT2D eigenvalue weighted by Gasteiger charge is -2.04. The number of aromatic nitrogens is 3. The van der Waals surface area contributed by atoms with Crippen molar-refractivity contribution in [3.63, 3.8) is 0 Å². The molecule has 2 aromatic rings. The molecule has 94 valence electrons. The summed E-state index contributed by atoms with van der Waals surface area (Å²) in [4.78, 5) is 20.3. The molecule has 0 spiro atoms. The number of rotatable bonds is 4. The highest BCUT2D eigenvalue weighted by Crippen LogP contribution is 2.01. The van der Waals surface area contributed by atoms with Crippen LogP contribution in [0.2, 0.25) is 0 Å². The van der Waals surface area contributed by atoms with Crippen molar-refractivity contribution in [3.8, 4) is 0 Å². The Bertz CT molecular complexity index is 631. The molecule has 0 atom stereocenters. The van der Waals surface area contributed by atoms with Gasteiger partial charge in [-0.15, -0.1) is 0 Å². The van der Waals surface area contributed by atoms with Crippen LogP contribution in [-0.2, 0) is 11.3 Å². The lowest BCUT2D eigenvalue weighted by Crippen LogP contribution is -2.20. The highest BCUT2D eigenvalue weighted by atomic mass is 16.5. The fraction of sp³-hybridized carbons (Fsp3) is 0.308. The Hall–Kier alpha value is -2.01. The highest BCUT2D eigenvalue weighted by Gasteiger charge is 2.02. The maximum atomic E-state index is 12.1. The number of hydrogen-bond donors (Lipinski definition) is 0.